The summed E-state index contributed by atoms with van der Waals surface area (Å²) in [4.78, 5) is 9.28. The minimum Gasteiger partial charge on any atom is -0.304 e. The smallest absolute Gasteiger partial charge is 0.0544 e. The quantitative estimate of drug-likeness (QED) is 0.783. The van der Waals surface area contributed by atoms with Gasteiger partial charge in [0.2, 0.25) is 0 Å². The Morgan fingerprint density at radius 2 is 1.76 bits per heavy atom. The zero-order valence-corrected chi connectivity index (χ0v) is 11.6. The van der Waals surface area contributed by atoms with Gasteiger partial charge in [0, 0.05) is 38.9 Å². The van der Waals surface area contributed by atoms with Crippen molar-refractivity contribution in [3.8, 4) is 0 Å². The minimum atomic E-state index is 0.994. The van der Waals surface area contributed by atoms with Crippen LogP contribution in [0.3, 0.4) is 0 Å². The van der Waals surface area contributed by atoms with Crippen molar-refractivity contribution in [2.45, 2.75) is 27.3 Å². The molecule has 17 heavy (non-hydrogen) atoms. The maximum atomic E-state index is 4.44. The van der Waals surface area contributed by atoms with Crippen LogP contribution in [0.15, 0.2) is 18.3 Å². The van der Waals surface area contributed by atoms with Crippen LogP contribution in [0.25, 0.3) is 0 Å². The highest BCUT2D eigenvalue weighted by molar-refractivity contribution is 5.12. The van der Waals surface area contributed by atoms with Gasteiger partial charge in [0.15, 0.2) is 0 Å². The number of pyridine rings is 1. The van der Waals surface area contributed by atoms with Crippen LogP contribution < -0.4 is 0 Å². The third-order valence-corrected chi connectivity index (χ3v) is 2.95. The molecule has 0 N–H and O–H groups in total. The number of likely N-dealkylation sites (N-methyl/N-ethyl adjacent to an activating group) is 1. The summed E-state index contributed by atoms with van der Waals surface area (Å²) in [5.74, 6) is 0. The van der Waals surface area contributed by atoms with Crippen molar-refractivity contribution in [2.75, 3.05) is 33.2 Å². The van der Waals surface area contributed by atoms with Crippen LogP contribution in [0, 0.1) is 6.92 Å². The molecule has 0 atom stereocenters. The lowest BCUT2D eigenvalue weighted by Crippen LogP contribution is -2.43. The fourth-order valence-corrected chi connectivity index (χ4v) is 1.83. The van der Waals surface area contributed by atoms with E-state index in [-0.39, 0.29) is 0 Å². The fraction of sp³-hybridized carbons (Fsp3) is 0.643. The molecule has 96 valence electrons. The van der Waals surface area contributed by atoms with Gasteiger partial charge in [0.25, 0.3) is 0 Å². The van der Waals surface area contributed by atoms with Crippen LogP contribution in [0.2, 0.25) is 0 Å². The second-order valence-electron chi connectivity index (χ2n) is 4.41. The molecule has 1 saturated heterocycles. The average molecular weight is 235 g/mol. The molecule has 0 spiro atoms. The number of aromatic nitrogens is 1. The first-order valence-corrected chi connectivity index (χ1v) is 6.56. The van der Waals surface area contributed by atoms with E-state index >= 15 is 0 Å². The summed E-state index contributed by atoms with van der Waals surface area (Å²) in [7, 11) is 2.18. The molecular weight excluding hydrogens is 210 g/mol. The second-order valence-corrected chi connectivity index (χ2v) is 4.41. The SMILES string of the molecule is CC.Cc1ccc(CN2CCN(C)CC2)nc1. The molecule has 1 fully saturated rings. The van der Waals surface area contributed by atoms with Crippen molar-refractivity contribution < 1.29 is 0 Å². The molecule has 0 saturated carbocycles. The molecule has 0 unspecified atom stereocenters. The Morgan fingerprint density at radius 1 is 1.12 bits per heavy atom. The normalized spacial score (nSPS) is 17.4. The highest BCUT2D eigenvalue weighted by Gasteiger charge is 2.13. The Bertz CT molecular complexity index is 300. The van der Waals surface area contributed by atoms with Gasteiger partial charge in [-0.1, -0.05) is 19.9 Å². The van der Waals surface area contributed by atoms with Crippen molar-refractivity contribution in [1.29, 1.82) is 0 Å². The Balaban J connectivity index is 0.000000686. The maximum absolute atomic E-state index is 4.44. The van der Waals surface area contributed by atoms with E-state index in [0.29, 0.717) is 0 Å². The molecule has 0 bridgehead atoms. The molecule has 1 aromatic heterocycles. The van der Waals surface area contributed by atoms with E-state index in [2.05, 4.69) is 40.9 Å². The van der Waals surface area contributed by atoms with Crippen LogP contribution in [0.1, 0.15) is 25.1 Å². The molecular formula is C14H25N3. The third-order valence-electron chi connectivity index (χ3n) is 2.95. The number of piperazine rings is 1. The molecule has 3 heteroatoms. The molecule has 1 aliphatic heterocycles. The first-order valence-electron chi connectivity index (χ1n) is 6.56. The highest BCUT2D eigenvalue weighted by Crippen LogP contribution is 2.06. The van der Waals surface area contributed by atoms with Crippen LogP contribution >= 0.6 is 0 Å². The summed E-state index contributed by atoms with van der Waals surface area (Å²) in [5, 5.41) is 0. The van der Waals surface area contributed by atoms with E-state index in [1.807, 2.05) is 20.0 Å². The van der Waals surface area contributed by atoms with Gasteiger partial charge in [-0.2, -0.15) is 0 Å². The zero-order valence-electron chi connectivity index (χ0n) is 11.6. The molecule has 1 aromatic rings. The largest absolute Gasteiger partial charge is 0.304 e. The molecule has 3 nitrogen and oxygen atoms in total. The molecule has 0 radical (unpaired) electrons. The molecule has 0 aliphatic carbocycles. The summed E-state index contributed by atoms with van der Waals surface area (Å²) in [6.07, 6.45) is 1.95. The van der Waals surface area contributed by atoms with E-state index in [0.717, 1.165) is 19.6 Å². The maximum Gasteiger partial charge on any atom is 0.0544 e. The Labute approximate surface area is 105 Å². The zero-order chi connectivity index (χ0) is 12.7. The predicted octanol–water partition coefficient (Wildman–Crippen LogP) is 2.16. The molecule has 2 rings (SSSR count). The standard InChI is InChI=1S/C12H19N3.C2H6/c1-11-3-4-12(13-9-11)10-15-7-5-14(2)6-8-15;1-2/h3-4,9H,5-8,10H2,1-2H3;1-2H3. The van der Waals surface area contributed by atoms with Crippen molar-refractivity contribution in [2.24, 2.45) is 0 Å². The Kier molecular flexibility index (Phi) is 6.16. The number of nitrogens with zero attached hydrogens (tertiary/aromatic N) is 3. The number of hydrogen-bond acceptors (Lipinski definition) is 3. The summed E-state index contributed by atoms with van der Waals surface area (Å²) in [6, 6.07) is 4.27. The van der Waals surface area contributed by atoms with Crippen LogP contribution in [-0.2, 0) is 6.54 Å². The second kappa shape index (κ2) is 7.41. The molecule has 0 amide bonds. The molecule has 1 aliphatic rings. The van der Waals surface area contributed by atoms with Gasteiger partial charge in [-0.05, 0) is 25.6 Å². The average Bonchev–Trinajstić information content (AvgIpc) is 2.37. The van der Waals surface area contributed by atoms with Gasteiger partial charge in [-0.25, -0.2) is 0 Å². The lowest BCUT2D eigenvalue weighted by molar-refractivity contribution is 0.147. The highest BCUT2D eigenvalue weighted by atomic mass is 15.2. The summed E-state index contributed by atoms with van der Waals surface area (Å²) in [5.41, 5.74) is 2.42. The first-order chi connectivity index (χ1) is 8.24. The monoisotopic (exact) mass is 235 g/mol. The van der Waals surface area contributed by atoms with E-state index in [1.54, 1.807) is 0 Å². The number of rotatable bonds is 2. The first kappa shape index (κ1) is 14.1. The van der Waals surface area contributed by atoms with Crippen molar-refractivity contribution >= 4 is 0 Å². The third kappa shape index (κ3) is 4.84. The lowest BCUT2D eigenvalue weighted by Gasteiger charge is -2.32. The Morgan fingerprint density at radius 3 is 2.29 bits per heavy atom. The number of aryl methyl sites for hydroxylation is 1. The van der Waals surface area contributed by atoms with E-state index < -0.39 is 0 Å². The van der Waals surface area contributed by atoms with Crippen molar-refractivity contribution in [3.63, 3.8) is 0 Å². The van der Waals surface area contributed by atoms with Gasteiger partial charge < -0.3 is 4.90 Å². The predicted molar refractivity (Wildman–Crippen MR) is 73.1 cm³/mol. The summed E-state index contributed by atoms with van der Waals surface area (Å²) >= 11 is 0. The molecule has 0 aromatic carbocycles. The van der Waals surface area contributed by atoms with Gasteiger partial charge >= 0.3 is 0 Å². The van der Waals surface area contributed by atoms with Crippen molar-refractivity contribution in [1.82, 2.24) is 14.8 Å². The van der Waals surface area contributed by atoms with Gasteiger partial charge in [-0.3, -0.25) is 9.88 Å². The van der Waals surface area contributed by atoms with Crippen LogP contribution in [0.4, 0.5) is 0 Å². The van der Waals surface area contributed by atoms with E-state index in [1.165, 1.54) is 24.3 Å². The Hall–Kier alpha value is -0.930. The minimum absolute atomic E-state index is 0.994. The van der Waals surface area contributed by atoms with Crippen LogP contribution in [0.5, 0.6) is 0 Å². The summed E-state index contributed by atoms with van der Waals surface area (Å²) in [6.45, 7) is 11.7. The number of hydrogen-bond donors (Lipinski definition) is 0. The van der Waals surface area contributed by atoms with E-state index in [9.17, 15) is 0 Å². The van der Waals surface area contributed by atoms with Crippen LogP contribution in [-0.4, -0.2) is 48.0 Å². The topological polar surface area (TPSA) is 19.4 Å². The van der Waals surface area contributed by atoms with Gasteiger partial charge in [0.1, 0.15) is 0 Å². The van der Waals surface area contributed by atoms with Crippen molar-refractivity contribution in [3.05, 3.63) is 29.6 Å². The fourth-order valence-electron chi connectivity index (χ4n) is 1.83. The van der Waals surface area contributed by atoms with Gasteiger partial charge in [0.05, 0.1) is 5.69 Å². The van der Waals surface area contributed by atoms with E-state index in [4.69, 9.17) is 0 Å². The lowest BCUT2D eigenvalue weighted by atomic mass is 10.2. The van der Waals surface area contributed by atoms with Gasteiger partial charge in [-0.15, -0.1) is 0 Å². The molecule has 2 heterocycles. The summed E-state index contributed by atoms with van der Waals surface area (Å²) < 4.78 is 0.